The van der Waals surface area contributed by atoms with Gasteiger partial charge < -0.3 is 4.98 Å². The van der Waals surface area contributed by atoms with Gasteiger partial charge in [-0.2, -0.15) is 0 Å². The van der Waals surface area contributed by atoms with Gasteiger partial charge in [-0.05, 0) is 31.5 Å². The summed E-state index contributed by atoms with van der Waals surface area (Å²) in [4.78, 5) is 7.29. The monoisotopic (exact) mass is 341 g/mol. The predicted octanol–water partition coefficient (Wildman–Crippen LogP) is 3.64. The first-order valence-corrected chi connectivity index (χ1v) is 9.25. The van der Waals surface area contributed by atoms with Crippen LogP contribution in [-0.2, 0) is 15.8 Å². The van der Waals surface area contributed by atoms with Crippen molar-refractivity contribution < 1.29 is 8.42 Å². The number of sulfonamides is 1. The molecule has 0 bridgehead atoms. The zero-order valence-electron chi connectivity index (χ0n) is 13.6. The van der Waals surface area contributed by atoms with Crippen LogP contribution in [0.4, 0.5) is 5.69 Å². The molecule has 0 saturated carbocycles. The quantitative estimate of drug-likeness (QED) is 0.744. The van der Waals surface area contributed by atoms with Gasteiger partial charge in [0, 0.05) is 16.9 Å². The van der Waals surface area contributed by atoms with E-state index in [1.54, 1.807) is 18.5 Å². The third-order valence-electron chi connectivity index (χ3n) is 3.72. The molecule has 5 nitrogen and oxygen atoms in total. The fourth-order valence-corrected chi connectivity index (χ4v) is 3.69. The summed E-state index contributed by atoms with van der Waals surface area (Å²) in [5.74, 6) is -0.0566. The van der Waals surface area contributed by atoms with E-state index in [0.29, 0.717) is 5.69 Å². The molecule has 0 saturated heterocycles. The second-order valence-corrected chi connectivity index (χ2v) is 7.53. The SMILES string of the molecule is Cc1ccc(CS(=O)(=O)Nc2cccc(-c3nc[nH]c3C)c2)cc1. The number of imidazole rings is 1. The van der Waals surface area contributed by atoms with Crippen molar-refractivity contribution in [2.24, 2.45) is 0 Å². The number of aromatic nitrogens is 2. The van der Waals surface area contributed by atoms with Gasteiger partial charge in [0.1, 0.15) is 0 Å². The van der Waals surface area contributed by atoms with Crippen molar-refractivity contribution in [1.29, 1.82) is 0 Å². The second-order valence-electron chi connectivity index (χ2n) is 5.80. The van der Waals surface area contributed by atoms with E-state index < -0.39 is 10.0 Å². The largest absolute Gasteiger partial charge is 0.348 e. The van der Waals surface area contributed by atoms with E-state index in [-0.39, 0.29) is 5.75 Å². The smallest absolute Gasteiger partial charge is 0.236 e. The molecule has 1 heterocycles. The van der Waals surface area contributed by atoms with E-state index >= 15 is 0 Å². The molecule has 2 N–H and O–H groups in total. The zero-order valence-corrected chi connectivity index (χ0v) is 14.4. The van der Waals surface area contributed by atoms with E-state index in [1.165, 1.54) is 0 Å². The molecule has 24 heavy (non-hydrogen) atoms. The van der Waals surface area contributed by atoms with E-state index in [9.17, 15) is 8.42 Å². The number of benzene rings is 2. The number of hydrogen-bond acceptors (Lipinski definition) is 3. The Balaban J connectivity index is 1.80. The average Bonchev–Trinajstić information content (AvgIpc) is 2.95. The second kappa shape index (κ2) is 6.49. The first-order chi connectivity index (χ1) is 11.4. The Morgan fingerprint density at radius 3 is 2.50 bits per heavy atom. The molecular weight excluding hydrogens is 322 g/mol. The first-order valence-electron chi connectivity index (χ1n) is 7.59. The Bertz CT molecular complexity index is 944. The molecule has 1 aromatic heterocycles. The minimum absolute atomic E-state index is 0.0566. The van der Waals surface area contributed by atoms with Crippen molar-refractivity contribution in [2.75, 3.05) is 4.72 Å². The molecule has 0 unspecified atom stereocenters. The van der Waals surface area contributed by atoms with Gasteiger partial charge in [0.2, 0.25) is 10.0 Å². The topological polar surface area (TPSA) is 74.8 Å². The molecule has 0 aliphatic carbocycles. The Labute approximate surface area is 141 Å². The van der Waals surface area contributed by atoms with Gasteiger partial charge in [0.25, 0.3) is 0 Å². The molecular formula is C18H19N3O2S. The van der Waals surface area contributed by atoms with Crippen LogP contribution >= 0.6 is 0 Å². The van der Waals surface area contributed by atoms with Crippen LogP contribution in [0, 0.1) is 13.8 Å². The van der Waals surface area contributed by atoms with Crippen LogP contribution in [0.25, 0.3) is 11.3 Å². The highest BCUT2D eigenvalue weighted by Crippen LogP contribution is 2.24. The summed E-state index contributed by atoms with van der Waals surface area (Å²) in [6.45, 7) is 3.90. The Kier molecular flexibility index (Phi) is 4.40. The minimum Gasteiger partial charge on any atom is -0.348 e. The summed E-state index contributed by atoms with van der Waals surface area (Å²) in [7, 11) is -3.47. The summed E-state index contributed by atoms with van der Waals surface area (Å²) in [5, 5.41) is 0. The van der Waals surface area contributed by atoms with Crippen LogP contribution in [0.5, 0.6) is 0 Å². The van der Waals surface area contributed by atoms with Crippen LogP contribution in [-0.4, -0.2) is 18.4 Å². The van der Waals surface area contributed by atoms with Gasteiger partial charge in [-0.1, -0.05) is 42.0 Å². The number of hydrogen-bond donors (Lipinski definition) is 2. The van der Waals surface area contributed by atoms with Gasteiger partial charge in [-0.15, -0.1) is 0 Å². The highest BCUT2D eigenvalue weighted by atomic mass is 32.2. The number of anilines is 1. The molecule has 0 aliphatic rings. The third kappa shape index (κ3) is 3.83. The highest BCUT2D eigenvalue weighted by molar-refractivity contribution is 7.91. The lowest BCUT2D eigenvalue weighted by Gasteiger charge is -2.09. The molecule has 0 radical (unpaired) electrons. The lowest BCUT2D eigenvalue weighted by atomic mass is 10.1. The minimum atomic E-state index is -3.47. The maximum absolute atomic E-state index is 12.4. The Hall–Kier alpha value is -2.60. The van der Waals surface area contributed by atoms with Crippen molar-refractivity contribution in [3.8, 4) is 11.3 Å². The van der Waals surface area contributed by atoms with E-state index in [0.717, 1.165) is 28.1 Å². The van der Waals surface area contributed by atoms with Crippen molar-refractivity contribution in [2.45, 2.75) is 19.6 Å². The van der Waals surface area contributed by atoms with Gasteiger partial charge in [0.15, 0.2) is 0 Å². The molecule has 3 rings (SSSR count). The van der Waals surface area contributed by atoms with E-state index in [1.807, 2.05) is 50.2 Å². The van der Waals surface area contributed by atoms with Crippen LogP contribution < -0.4 is 4.72 Å². The van der Waals surface area contributed by atoms with Gasteiger partial charge in [-0.25, -0.2) is 13.4 Å². The Morgan fingerprint density at radius 2 is 1.83 bits per heavy atom. The molecule has 0 amide bonds. The van der Waals surface area contributed by atoms with E-state index in [2.05, 4.69) is 14.7 Å². The van der Waals surface area contributed by atoms with Crippen LogP contribution in [0.2, 0.25) is 0 Å². The predicted molar refractivity (Wildman–Crippen MR) is 96.2 cm³/mol. The highest BCUT2D eigenvalue weighted by Gasteiger charge is 2.13. The molecule has 124 valence electrons. The summed E-state index contributed by atoms with van der Waals surface area (Å²) < 4.78 is 27.4. The molecule has 0 aliphatic heterocycles. The summed E-state index contributed by atoms with van der Waals surface area (Å²) in [5.41, 5.74) is 5.01. The normalized spacial score (nSPS) is 11.4. The number of aromatic amines is 1. The number of aryl methyl sites for hydroxylation is 2. The van der Waals surface area contributed by atoms with Crippen molar-refractivity contribution in [1.82, 2.24) is 9.97 Å². The van der Waals surface area contributed by atoms with Crippen molar-refractivity contribution >= 4 is 15.7 Å². The van der Waals surface area contributed by atoms with Crippen LogP contribution in [0.3, 0.4) is 0 Å². The average molecular weight is 341 g/mol. The Morgan fingerprint density at radius 1 is 1.08 bits per heavy atom. The lowest BCUT2D eigenvalue weighted by molar-refractivity contribution is 0.600. The number of nitrogens with zero attached hydrogens (tertiary/aromatic N) is 1. The first kappa shape index (κ1) is 16.3. The van der Waals surface area contributed by atoms with Gasteiger partial charge in [-0.3, -0.25) is 4.72 Å². The summed E-state index contributed by atoms with van der Waals surface area (Å²) in [6, 6.07) is 14.7. The maximum Gasteiger partial charge on any atom is 0.236 e. The summed E-state index contributed by atoms with van der Waals surface area (Å²) in [6.07, 6.45) is 1.62. The number of H-pyrrole nitrogens is 1. The fourth-order valence-electron chi connectivity index (χ4n) is 2.50. The van der Waals surface area contributed by atoms with Crippen molar-refractivity contribution in [3.63, 3.8) is 0 Å². The van der Waals surface area contributed by atoms with Crippen molar-refractivity contribution in [3.05, 3.63) is 71.7 Å². The standard InChI is InChI=1S/C18H19N3O2S/c1-13-6-8-15(9-7-13)11-24(22,23)21-17-5-3-4-16(10-17)18-14(2)19-12-20-18/h3-10,12,21H,11H2,1-2H3,(H,19,20). The number of nitrogens with one attached hydrogen (secondary N) is 2. The van der Waals surface area contributed by atoms with Gasteiger partial charge in [0.05, 0.1) is 17.8 Å². The summed E-state index contributed by atoms with van der Waals surface area (Å²) >= 11 is 0. The molecule has 0 fully saturated rings. The molecule has 6 heteroatoms. The van der Waals surface area contributed by atoms with Crippen LogP contribution in [0.15, 0.2) is 54.9 Å². The third-order valence-corrected chi connectivity index (χ3v) is 4.98. The van der Waals surface area contributed by atoms with Crippen LogP contribution in [0.1, 0.15) is 16.8 Å². The molecule has 0 atom stereocenters. The molecule has 3 aromatic rings. The number of rotatable bonds is 5. The molecule has 2 aromatic carbocycles. The molecule has 0 spiro atoms. The fraction of sp³-hybridized carbons (Fsp3) is 0.167. The maximum atomic E-state index is 12.4. The lowest BCUT2D eigenvalue weighted by Crippen LogP contribution is -2.15. The van der Waals surface area contributed by atoms with E-state index in [4.69, 9.17) is 0 Å². The zero-order chi connectivity index (χ0) is 17.2. The van der Waals surface area contributed by atoms with Gasteiger partial charge >= 0.3 is 0 Å².